The Morgan fingerprint density at radius 2 is 1.78 bits per heavy atom. The minimum absolute atomic E-state index is 0. The summed E-state index contributed by atoms with van der Waals surface area (Å²) in [6, 6.07) is 14.0. The van der Waals surface area contributed by atoms with Gasteiger partial charge in [0.15, 0.2) is 0 Å². The molecule has 0 bridgehead atoms. The molecule has 1 amide bonds. The van der Waals surface area contributed by atoms with Crippen molar-refractivity contribution in [3.05, 3.63) is 65.5 Å². The molecule has 0 spiro atoms. The van der Waals surface area contributed by atoms with Gasteiger partial charge in [0.05, 0.1) is 0 Å². The van der Waals surface area contributed by atoms with E-state index >= 15 is 0 Å². The first kappa shape index (κ1) is 17.2. The molecule has 23 heavy (non-hydrogen) atoms. The smallest absolute Gasteiger partial charge is 0.228 e. The second-order valence-corrected chi connectivity index (χ2v) is 5.45. The minimum Gasteiger partial charge on any atom is -0.326 e. The maximum absolute atomic E-state index is 13.1. The van der Waals surface area contributed by atoms with Crippen LogP contribution < -0.4 is 10.6 Å². The maximum atomic E-state index is 13.1. The van der Waals surface area contributed by atoms with Crippen LogP contribution >= 0.6 is 12.4 Å². The number of carbonyl (C=O) groups excluding carboxylic acids is 1. The number of hydrogen-bond donors (Lipinski definition) is 1. The quantitative estimate of drug-likeness (QED) is 0.875. The van der Waals surface area contributed by atoms with Crippen LogP contribution in [0.15, 0.2) is 48.5 Å². The van der Waals surface area contributed by atoms with Gasteiger partial charge in [0.25, 0.3) is 0 Å². The number of nitrogens with two attached hydrogens (primary N) is 1. The molecule has 1 unspecified atom stereocenters. The molecule has 3 nitrogen and oxygen atoms in total. The van der Waals surface area contributed by atoms with E-state index in [-0.39, 0.29) is 30.2 Å². The first-order chi connectivity index (χ1) is 10.6. The molecular weight excluding hydrogens is 315 g/mol. The number of anilines is 1. The fourth-order valence-electron chi connectivity index (χ4n) is 2.55. The Hall–Kier alpha value is -2.17. The summed E-state index contributed by atoms with van der Waals surface area (Å²) in [5, 5.41) is 0. The highest BCUT2D eigenvalue weighted by Crippen LogP contribution is 2.22. The van der Waals surface area contributed by atoms with Crippen molar-refractivity contribution in [2.24, 2.45) is 5.73 Å². The van der Waals surface area contributed by atoms with Gasteiger partial charge in [0.2, 0.25) is 5.91 Å². The molecule has 1 saturated heterocycles. The van der Waals surface area contributed by atoms with Gasteiger partial charge in [-0.1, -0.05) is 36.4 Å². The van der Waals surface area contributed by atoms with E-state index in [4.69, 9.17) is 5.73 Å². The van der Waals surface area contributed by atoms with Crippen molar-refractivity contribution in [1.82, 2.24) is 0 Å². The second kappa shape index (κ2) is 7.40. The maximum Gasteiger partial charge on any atom is 0.228 e. The molecule has 0 aromatic heterocycles. The Balaban J connectivity index is 0.00000192. The van der Waals surface area contributed by atoms with E-state index in [1.807, 2.05) is 42.5 Å². The minimum atomic E-state index is -0.249. The average Bonchev–Trinajstić information content (AvgIpc) is 2.84. The number of hydrogen-bond acceptors (Lipinski definition) is 2. The fraction of sp³-hybridized carbons (Fsp3) is 0.167. The van der Waals surface area contributed by atoms with Crippen LogP contribution in [0.2, 0.25) is 0 Å². The van der Waals surface area contributed by atoms with Gasteiger partial charge in [0, 0.05) is 24.7 Å². The van der Waals surface area contributed by atoms with E-state index < -0.39 is 0 Å². The number of nitrogens with zero attached hydrogens (tertiary/aromatic N) is 1. The summed E-state index contributed by atoms with van der Waals surface area (Å²) < 4.78 is 13.1. The molecule has 2 aromatic rings. The van der Waals surface area contributed by atoms with Crippen molar-refractivity contribution in [2.45, 2.75) is 12.5 Å². The molecule has 0 aliphatic carbocycles. The highest BCUT2D eigenvalue weighted by atomic mass is 35.5. The van der Waals surface area contributed by atoms with Crippen molar-refractivity contribution in [1.29, 1.82) is 0 Å². The summed E-state index contributed by atoms with van der Waals surface area (Å²) in [6.45, 7) is 0.567. The molecule has 2 aromatic carbocycles. The normalized spacial score (nSPS) is 17.6. The van der Waals surface area contributed by atoms with Gasteiger partial charge in [-0.2, -0.15) is 0 Å². The van der Waals surface area contributed by atoms with Gasteiger partial charge in [-0.25, -0.2) is 4.39 Å². The van der Waals surface area contributed by atoms with E-state index in [1.165, 1.54) is 12.1 Å². The topological polar surface area (TPSA) is 46.3 Å². The Morgan fingerprint density at radius 1 is 1.09 bits per heavy atom. The molecule has 1 aliphatic heterocycles. The number of amides is 1. The Bertz CT molecular complexity index is 715. The van der Waals surface area contributed by atoms with Crippen LogP contribution in [0.25, 0.3) is 12.2 Å². The lowest BCUT2D eigenvalue weighted by Crippen LogP contribution is -2.27. The van der Waals surface area contributed by atoms with Crippen LogP contribution in [0, 0.1) is 5.82 Å². The summed E-state index contributed by atoms with van der Waals surface area (Å²) in [7, 11) is 0. The monoisotopic (exact) mass is 332 g/mol. The van der Waals surface area contributed by atoms with Crippen LogP contribution in [0.3, 0.4) is 0 Å². The van der Waals surface area contributed by atoms with Crippen LogP contribution in [0.1, 0.15) is 17.5 Å². The standard InChI is InChI=1S/C18H17FN2O.ClH/c19-15-3-1-2-14(10-15)5-4-13-6-8-17(9-7-13)21-12-16(20)11-18(21)22;/h1-10,16H,11-12,20H2;1H/b5-4+;. The van der Waals surface area contributed by atoms with Gasteiger partial charge in [0.1, 0.15) is 5.82 Å². The summed E-state index contributed by atoms with van der Waals surface area (Å²) in [5.41, 5.74) is 8.46. The van der Waals surface area contributed by atoms with Gasteiger partial charge < -0.3 is 10.6 Å². The Labute approximate surface area is 141 Å². The van der Waals surface area contributed by atoms with Crippen LogP contribution in [-0.2, 0) is 4.79 Å². The van der Waals surface area contributed by atoms with Crippen LogP contribution in [0.5, 0.6) is 0 Å². The van der Waals surface area contributed by atoms with Crippen molar-refractivity contribution < 1.29 is 9.18 Å². The molecule has 0 radical (unpaired) electrons. The van der Waals surface area contributed by atoms with Crippen molar-refractivity contribution in [3.63, 3.8) is 0 Å². The van der Waals surface area contributed by atoms with Gasteiger partial charge >= 0.3 is 0 Å². The lowest BCUT2D eigenvalue weighted by atomic mass is 10.1. The summed E-state index contributed by atoms with van der Waals surface area (Å²) >= 11 is 0. The van der Waals surface area contributed by atoms with Crippen LogP contribution in [0.4, 0.5) is 10.1 Å². The largest absolute Gasteiger partial charge is 0.326 e. The zero-order valence-corrected chi connectivity index (χ0v) is 13.3. The van der Waals surface area contributed by atoms with Crippen LogP contribution in [-0.4, -0.2) is 18.5 Å². The summed E-state index contributed by atoms with van der Waals surface area (Å²) in [5.74, 6) is -0.183. The fourth-order valence-corrected chi connectivity index (χ4v) is 2.55. The van der Waals surface area contributed by atoms with E-state index in [2.05, 4.69) is 0 Å². The van der Waals surface area contributed by atoms with E-state index in [1.54, 1.807) is 11.0 Å². The molecule has 1 heterocycles. The predicted octanol–water partition coefficient (Wildman–Crippen LogP) is 3.48. The second-order valence-electron chi connectivity index (χ2n) is 5.45. The average molecular weight is 333 g/mol. The predicted molar refractivity (Wildman–Crippen MR) is 94.0 cm³/mol. The third-order valence-electron chi connectivity index (χ3n) is 3.68. The van der Waals surface area contributed by atoms with Crippen molar-refractivity contribution in [2.75, 3.05) is 11.4 Å². The zero-order chi connectivity index (χ0) is 15.5. The molecule has 5 heteroatoms. The summed E-state index contributed by atoms with van der Waals surface area (Å²) in [4.78, 5) is 13.5. The third-order valence-corrected chi connectivity index (χ3v) is 3.68. The number of halogens is 2. The van der Waals surface area contributed by atoms with Crippen molar-refractivity contribution in [3.8, 4) is 0 Å². The Morgan fingerprint density at radius 3 is 2.39 bits per heavy atom. The van der Waals surface area contributed by atoms with E-state index in [0.29, 0.717) is 13.0 Å². The van der Waals surface area contributed by atoms with Crippen molar-refractivity contribution >= 4 is 36.2 Å². The zero-order valence-electron chi connectivity index (χ0n) is 12.5. The van der Waals surface area contributed by atoms with Gasteiger partial charge in [-0.05, 0) is 35.4 Å². The molecule has 3 rings (SSSR count). The highest BCUT2D eigenvalue weighted by Gasteiger charge is 2.27. The van der Waals surface area contributed by atoms with E-state index in [0.717, 1.165) is 16.8 Å². The molecule has 120 valence electrons. The van der Waals surface area contributed by atoms with Gasteiger partial charge in [-0.3, -0.25) is 4.79 Å². The SMILES string of the molecule is Cl.NC1CC(=O)N(c2ccc(/C=C/c3cccc(F)c3)cc2)C1. The van der Waals surface area contributed by atoms with Gasteiger partial charge in [-0.15, -0.1) is 12.4 Å². The molecule has 0 saturated carbocycles. The molecule has 2 N–H and O–H groups in total. The third kappa shape index (κ3) is 4.18. The first-order valence-corrected chi connectivity index (χ1v) is 7.21. The number of benzene rings is 2. The lowest BCUT2D eigenvalue weighted by Gasteiger charge is -2.16. The number of rotatable bonds is 3. The molecule has 1 atom stereocenters. The first-order valence-electron chi connectivity index (χ1n) is 7.21. The molecular formula is C18H18ClFN2O. The lowest BCUT2D eigenvalue weighted by molar-refractivity contribution is -0.117. The number of carbonyl (C=O) groups is 1. The molecule has 1 aliphatic rings. The Kier molecular flexibility index (Phi) is 5.53. The highest BCUT2D eigenvalue weighted by molar-refractivity contribution is 5.96. The van der Waals surface area contributed by atoms with E-state index in [9.17, 15) is 9.18 Å². The molecule has 1 fully saturated rings. The summed E-state index contributed by atoms with van der Waals surface area (Å²) in [6.07, 6.45) is 4.17.